The number of aryl methyl sites for hydroxylation is 1. The molecule has 0 aromatic heterocycles. The summed E-state index contributed by atoms with van der Waals surface area (Å²) in [6, 6.07) is 16.0. The van der Waals surface area contributed by atoms with Gasteiger partial charge in [-0.15, -0.1) is 0 Å². The number of carbonyl (C=O) groups excluding carboxylic acids is 1. The van der Waals surface area contributed by atoms with Crippen LogP contribution in [0.4, 0.5) is 0 Å². The predicted octanol–water partition coefficient (Wildman–Crippen LogP) is 4.51. The van der Waals surface area contributed by atoms with Crippen molar-refractivity contribution in [3.8, 4) is 0 Å². The van der Waals surface area contributed by atoms with Crippen LogP contribution in [0.5, 0.6) is 0 Å². The van der Waals surface area contributed by atoms with Gasteiger partial charge in [-0.2, -0.15) is 0 Å². The maximum atomic E-state index is 11.3. The smallest absolute Gasteiger partial charge is 0.274 e. The lowest BCUT2D eigenvalue weighted by Crippen LogP contribution is -2.18. The average Bonchev–Trinajstić information content (AvgIpc) is 2.64. The molecule has 5 heteroatoms. The molecule has 1 amide bonds. The van der Waals surface area contributed by atoms with Gasteiger partial charge in [0, 0.05) is 16.5 Å². The molecule has 0 aliphatic carbocycles. The lowest BCUT2D eigenvalue weighted by Gasteiger charge is -2.14. The molecule has 0 heterocycles. The van der Waals surface area contributed by atoms with Crippen LogP contribution in [0.3, 0.4) is 0 Å². The summed E-state index contributed by atoms with van der Waals surface area (Å²) in [5, 5.41) is 8.63. The third kappa shape index (κ3) is 5.37. The predicted molar refractivity (Wildman–Crippen MR) is 98.2 cm³/mol. The minimum atomic E-state index is -0.500. The molecule has 2 aromatic carbocycles. The summed E-state index contributed by atoms with van der Waals surface area (Å²) in [6.45, 7) is 4.28. The van der Waals surface area contributed by atoms with Crippen LogP contribution in [0.25, 0.3) is 0 Å². The number of hydrogen-bond acceptors (Lipinski definition) is 4. The molecule has 4 nitrogen and oxygen atoms in total. The number of benzene rings is 2. The van der Waals surface area contributed by atoms with Gasteiger partial charge in [-0.3, -0.25) is 14.7 Å². The zero-order valence-corrected chi connectivity index (χ0v) is 14.9. The Labute approximate surface area is 147 Å². The molecule has 0 bridgehead atoms. The van der Waals surface area contributed by atoms with E-state index in [2.05, 4.69) is 42.8 Å². The molecule has 1 unspecified atom stereocenters. The Hall–Kier alpha value is -1.82. The molecule has 128 valence electrons. The third-order valence-corrected chi connectivity index (χ3v) is 4.85. The van der Waals surface area contributed by atoms with Gasteiger partial charge in [-0.05, 0) is 67.1 Å². The molecule has 1 atom stereocenters. The lowest BCUT2D eigenvalue weighted by atomic mass is 10.1. The molecule has 3 N–H and O–H groups in total. The molecule has 0 fully saturated rings. The van der Waals surface area contributed by atoms with E-state index in [-0.39, 0.29) is 6.04 Å². The second-order valence-corrected chi connectivity index (χ2v) is 6.66. The summed E-state index contributed by atoms with van der Waals surface area (Å²) in [5.41, 5.74) is 4.53. The first-order valence-electron chi connectivity index (χ1n) is 8.19. The highest BCUT2D eigenvalue weighted by molar-refractivity contribution is 7.97. The summed E-state index contributed by atoms with van der Waals surface area (Å²) in [7, 11) is 0. The van der Waals surface area contributed by atoms with Crippen molar-refractivity contribution >= 4 is 17.9 Å². The van der Waals surface area contributed by atoms with Gasteiger partial charge in [0.05, 0.1) is 0 Å². The van der Waals surface area contributed by atoms with E-state index in [1.165, 1.54) is 23.3 Å². The van der Waals surface area contributed by atoms with Crippen LogP contribution in [-0.2, 0) is 6.42 Å². The van der Waals surface area contributed by atoms with Gasteiger partial charge in [0.1, 0.15) is 0 Å². The van der Waals surface area contributed by atoms with E-state index < -0.39 is 5.91 Å². The maximum Gasteiger partial charge on any atom is 0.274 e. The molecular weight excluding hydrogens is 320 g/mol. The van der Waals surface area contributed by atoms with Crippen LogP contribution < -0.4 is 10.2 Å². The second kappa shape index (κ2) is 9.47. The van der Waals surface area contributed by atoms with Gasteiger partial charge in [0.2, 0.25) is 0 Å². The van der Waals surface area contributed by atoms with Crippen LogP contribution >= 0.6 is 11.9 Å². The summed E-state index contributed by atoms with van der Waals surface area (Å²) in [5.74, 6) is -0.500. The van der Waals surface area contributed by atoms with E-state index in [0.29, 0.717) is 5.56 Å². The summed E-state index contributed by atoms with van der Waals surface area (Å²) in [4.78, 5) is 12.5. The lowest BCUT2D eigenvalue weighted by molar-refractivity contribution is 0.0706. The van der Waals surface area contributed by atoms with Crippen molar-refractivity contribution in [3.63, 3.8) is 0 Å². The van der Waals surface area contributed by atoms with Gasteiger partial charge in [0.25, 0.3) is 5.91 Å². The minimum absolute atomic E-state index is 0.140. The number of amides is 1. The first-order chi connectivity index (χ1) is 11.6. The topological polar surface area (TPSA) is 61.4 Å². The van der Waals surface area contributed by atoms with E-state index in [9.17, 15) is 4.79 Å². The molecule has 0 saturated heterocycles. The van der Waals surface area contributed by atoms with Crippen LogP contribution in [-0.4, -0.2) is 11.1 Å². The zero-order chi connectivity index (χ0) is 17.4. The molecule has 0 saturated carbocycles. The van der Waals surface area contributed by atoms with Crippen molar-refractivity contribution < 1.29 is 10.0 Å². The van der Waals surface area contributed by atoms with Crippen molar-refractivity contribution in [3.05, 3.63) is 65.2 Å². The fraction of sp³-hybridized carbons (Fsp3) is 0.316. The molecule has 0 aliphatic heterocycles. The Morgan fingerprint density at radius 3 is 2.38 bits per heavy atom. The highest BCUT2D eigenvalue weighted by atomic mass is 32.2. The van der Waals surface area contributed by atoms with E-state index >= 15 is 0 Å². The number of hydroxylamine groups is 1. The van der Waals surface area contributed by atoms with Crippen LogP contribution in [0.1, 0.15) is 54.2 Å². The normalized spacial score (nSPS) is 12.0. The standard InChI is InChI=1S/C19H24N2O2S/c1-3-4-5-15-6-12-18(13-7-15)24-21-14(2)16-8-10-17(11-9-16)19(22)20-23/h6-14,21,23H,3-5H2,1-2H3,(H,20,22). The number of rotatable bonds is 8. The SMILES string of the molecule is CCCCc1ccc(SNC(C)c2ccc(C(=O)NO)cc2)cc1. The van der Waals surface area contributed by atoms with Crippen molar-refractivity contribution in [1.29, 1.82) is 0 Å². The molecule has 0 spiro atoms. The van der Waals surface area contributed by atoms with Gasteiger partial charge < -0.3 is 0 Å². The van der Waals surface area contributed by atoms with Crippen LogP contribution in [0.15, 0.2) is 53.4 Å². The fourth-order valence-corrected chi connectivity index (χ4v) is 3.04. The third-order valence-electron chi connectivity index (χ3n) is 3.87. The quantitative estimate of drug-likeness (QED) is 0.375. The van der Waals surface area contributed by atoms with Crippen molar-refractivity contribution in [1.82, 2.24) is 10.2 Å². The Bertz CT molecular complexity index is 641. The zero-order valence-electron chi connectivity index (χ0n) is 14.1. The van der Waals surface area contributed by atoms with Crippen molar-refractivity contribution in [2.75, 3.05) is 0 Å². The van der Waals surface area contributed by atoms with Gasteiger partial charge in [-0.1, -0.05) is 37.6 Å². The first-order valence-corrected chi connectivity index (χ1v) is 9.01. The van der Waals surface area contributed by atoms with Crippen molar-refractivity contribution in [2.24, 2.45) is 0 Å². The summed E-state index contributed by atoms with van der Waals surface area (Å²) >= 11 is 1.60. The maximum absolute atomic E-state index is 11.3. The van der Waals surface area contributed by atoms with Gasteiger partial charge >= 0.3 is 0 Å². The highest BCUT2D eigenvalue weighted by Gasteiger charge is 2.08. The number of hydrogen-bond donors (Lipinski definition) is 3. The van der Waals surface area contributed by atoms with Crippen molar-refractivity contribution in [2.45, 2.75) is 44.0 Å². The van der Waals surface area contributed by atoms with E-state index in [0.717, 1.165) is 12.0 Å². The number of carbonyl (C=O) groups is 1. The first kappa shape index (κ1) is 18.5. The monoisotopic (exact) mass is 344 g/mol. The van der Waals surface area contributed by atoms with E-state index in [1.807, 2.05) is 12.1 Å². The second-order valence-electron chi connectivity index (χ2n) is 5.75. The summed E-state index contributed by atoms with van der Waals surface area (Å²) in [6.07, 6.45) is 3.58. The van der Waals surface area contributed by atoms with Gasteiger partial charge in [-0.25, -0.2) is 5.48 Å². The Balaban J connectivity index is 1.88. The number of nitrogens with one attached hydrogen (secondary N) is 2. The largest absolute Gasteiger partial charge is 0.288 e. The molecule has 24 heavy (non-hydrogen) atoms. The van der Waals surface area contributed by atoms with E-state index in [1.54, 1.807) is 29.6 Å². The average molecular weight is 344 g/mol. The molecule has 0 radical (unpaired) electrons. The van der Waals surface area contributed by atoms with Crippen LogP contribution in [0.2, 0.25) is 0 Å². The fourth-order valence-electron chi connectivity index (χ4n) is 2.32. The van der Waals surface area contributed by atoms with E-state index in [4.69, 9.17) is 5.21 Å². The Morgan fingerprint density at radius 1 is 1.12 bits per heavy atom. The molecular formula is C19H24N2O2S. The summed E-state index contributed by atoms with van der Waals surface area (Å²) < 4.78 is 3.41. The van der Waals surface area contributed by atoms with Gasteiger partial charge in [0.15, 0.2) is 0 Å². The molecule has 2 rings (SSSR count). The molecule has 0 aliphatic rings. The Kier molecular flexibility index (Phi) is 7.31. The number of unbranched alkanes of at least 4 members (excludes halogenated alkanes) is 1. The van der Waals surface area contributed by atoms with Crippen LogP contribution in [0, 0.1) is 0 Å². The molecule has 2 aromatic rings. The highest BCUT2D eigenvalue weighted by Crippen LogP contribution is 2.22. The minimum Gasteiger partial charge on any atom is -0.288 e. The Morgan fingerprint density at radius 2 is 1.79 bits per heavy atom.